The molecule has 9 heteroatoms. The van der Waals surface area contributed by atoms with Crippen LogP contribution >= 0.6 is 0 Å². The first-order chi connectivity index (χ1) is 11.2. The molecule has 0 bridgehead atoms. The molecule has 1 aromatic rings. The molecule has 1 aromatic carbocycles. The zero-order valence-electron chi connectivity index (χ0n) is 13.7. The van der Waals surface area contributed by atoms with Gasteiger partial charge in [0.15, 0.2) is 11.5 Å². The maximum Gasteiger partial charge on any atom is 0.307 e. The van der Waals surface area contributed by atoms with Crippen LogP contribution in [0.2, 0.25) is 0 Å². The summed E-state index contributed by atoms with van der Waals surface area (Å²) in [4.78, 5) is 10.7. The highest BCUT2D eigenvalue weighted by atomic mass is 32.2. The maximum absolute atomic E-state index is 14.3. The third-order valence-corrected chi connectivity index (χ3v) is 5.88. The van der Waals surface area contributed by atoms with Crippen LogP contribution in [-0.4, -0.2) is 51.1 Å². The standard InChI is InChI=1S/C15H20FNO6S/c1-9-4-10(15(18)19)8-17(7-9)24(20,21)14-6-13(23-3)12(22-2)5-11(14)16/h5-6,9-10H,4,7-8H2,1-3H3,(H,18,19). The quantitative estimate of drug-likeness (QED) is 0.856. The molecule has 1 fully saturated rings. The Bertz CT molecular complexity index is 736. The largest absolute Gasteiger partial charge is 0.493 e. The SMILES string of the molecule is COc1cc(F)c(S(=O)(=O)N2CC(C)CC(C(=O)O)C2)cc1OC. The lowest BCUT2D eigenvalue weighted by molar-refractivity contribution is -0.143. The number of ether oxygens (including phenoxy) is 2. The Balaban J connectivity index is 2.44. The second-order valence-corrected chi connectivity index (χ2v) is 7.74. The molecule has 2 atom stereocenters. The monoisotopic (exact) mass is 361 g/mol. The predicted molar refractivity (Wildman–Crippen MR) is 83.2 cm³/mol. The molecular formula is C15H20FNO6S. The molecule has 0 radical (unpaired) electrons. The van der Waals surface area contributed by atoms with E-state index < -0.39 is 32.6 Å². The second kappa shape index (κ2) is 6.94. The lowest BCUT2D eigenvalue weighted by atomic mass is 9.92. The number of rotatable bonds is 5. The molecule has 0 aliphatic carbocycles. The fourth-order valence-corrected chi connectivity index (χ4v) is 4.52. The number of benzene rings is 1. The van der Waals surface area contributed by atoms with Gasteiger partial charge in [-0.1, -0.05) is 6.92 Å². The van der Waals surface area contributed by atoms with Crippen molar-refractivity contribution >= 4 is 16.0 Å². The van der Waals surface area contributed by atoms with E-state index in [1.807, 2.05) is 0 Å². The average molecular weight is 361 g/mol. The van der Waals surface area contributed by atoms with Crippen molar-refractivity contribution in [2.75, 3.05) is 27.3 Å². The molecule has 1 aliphatic rings. The predicted octanol–water partition coefficient (Wildman–Crippen LogP) is 1.57. The lowest BCUT2D eigenvalue weighted by Crippen LogP contribution is -2.45. The van der Waals surface area contributed by atoms with Gasteiger partial charge in [0.1, 0.15) is 10.7 Å². The zero-order chi connectivity index (χ0) is 18.1. The minimum absolute atomic E-state index is 0.0735. The van der Waals surface area contributed by atoms with Gasteiger partial charge in [-0.05, 0) is 12.3 Å². The van der Waals surface area contributed by atoms with Crippen LogP contribution < -0.4 is 9.47 Å². The van der Waals surface area contributed by atoms with E-state index in [0.717, 1.165) is 16.4 Å². The fourth-order valence-electron chi connectivity index (χ4n) is 2.85. The van der Waals surface area contributed by atoms with Crippen LogP contribution in [0.3, 0.4) is 0 Å². The zero-order valence-corrected chi connectivity index (χ0v) is 14.5. The Morgan fingerprint density at radius 3 is 2.38 bits per heavy atom. The van der Waals surface area contributed by atoms with Gasteiger partial charge < -0.3 is 14.6 Å². The molecule has 24 heavy (non-hydrogen) atoms. The summed E-state index contributed by atoms with van der Waals surface area (Å²) in [5.74, 6) is -2.83. The molecule has 134 valence electrons. The van der Waals surface area contributed by atoms with Gasteiger partial charge in [0, 0.05) is 25.2 Å². The fraction of sp³-hybridized carbons (Fsp3) is 0.533. The van der Waals surface area contributed by atoms with Gasteiger partial charge in [0.05, 0.1) is 20.1 Å². The molecular weight excluding hydrogens is 341 g/mol. The van der Waals surface area contributed by atoms with Crippen molar-refractivity contribution in [3.8, 4) is 11.5 Å². The Hall–Kier alpha value is -1.87. The molecule has 1 aliphatic heterocycles. The van der Waals surface area contributed by atoms with Crippen molar-refractivity contribution in [1.29, 1.82) is 0 Å². The molecule has 0 saturated carbocycles. The van der Waals surface area contributed by atoms with Crippen LogP contribution in [0, 0.1) is 17.7 Å². The number of nitrogens with zero attached hydrogens (tertiary/aromatic N) is 1. The molecule has 2 unspecified atom stereocenters. The molecule has 7 nitrogen and oxygen atoms in total. The number of carboxylic acids is 1. The summed E-state index contributed by atoms with van der Waals surface area (Å²) in [5.41, 5.74) is 0. The molecule has 0 aromatic heterocycles. The lowest BCUT2D eigenvalue weighted by Gasteiger charge is -2.33. The highest BCUT2D eigenvalue weighted by molar-refractivity contribution is 7.89. The van der Waals surface area contributed by atoms with Gasteiger partial charge in [0.2, 0.25) is 10.0 Å². The van der Waals surface area contributed by atoms with Gasteiger partial charge >= 0.3 is 5.97 Å². The topological polar surface area (TPSA) is 93.1 Å². The van der Waals surface area contributed by atoms with Crippen LogP contribution in [0.5, 0.6) is 11.5 Å². The van der Waals surface area contributed by atoms with E-state index in [-0.39, 0.29) is 30.5 Å². The highest BCUT2D eigenvalue weighted by Gasteiger charge is 2.37. The molecule has 1 heterocycles. The van der Waals surface area contributed by atoms with E-state index >= 15 is 0 Å². The van der Waals surface area contributed by atoms with Gasteiger partial charge in [-0.3, -0.25) is 4.79 Å². The van der Waals surface area contributed by atoms with E-state index in [4.69, 9.17) is 9.47 Å². The summed E-state index contributed by atoms with van der Waals surface area (Å²) < 4.78 is 50.9. The number of carbonyl (C=O) groups is 1. The first-order valence-corrected chi connectivity index (χ1v) is 8.79. The summed E-state index contributed by atoms with van der Waals surface area (Å²) >= 11 is 0. The number of methoxy groups -OCH3 is 2. The van der Waals surface area contributed by atoms with E-state index in [2.05, 4.69) is 0 Å². The van der Waals surface area contributed by atoms with E-state index in [0.29, 0.717) is 6.42 Å². The van der Waals surface area contributed by atoms with Crippen LogP contribution in [0.15, 0.2) is 17.0 Å². The van der Waals surface area contributed by atoms with E-state index in [9.17, 15) is 22.7 Å². The highest BCUT2D eigenvalue weighted by Crippen LogP contribution is 2.34. The van der Waals surface area contributed by atoms with Crippen molar-refractivity contribution < 1.29 is 32.2 Å². The number of hydrogen-bond acceptors (Lipinski definition) is 5. The van der Waals surface area contributed by atoms with Crippen molar-refractivity contribution in [3.05, 3.63) is 17.9 Å². The Kier molecular flexibility index (Phi) is 5.34. The van der Waals surface area contributed by atoms with Crippen molar-refractivity contribution in [3.63, 3.8) is 0 Å². The van der Waals surface area contributed by atoms with Gasteiger partial charge in [0.25, 0.3) is 0 Å². The Morgan fingerprint density at radius 2 is 1.83 bits per heavy atom. The van der Waals surface area contributed by atoms with E-state index in [1.54, 1.807) is 6.92 Å². The average Bonchev–Trinajstić information content (AvgIpc) is 2.53. The maximum atomic E-state index is 14.3. The number of aliphatic carboxylic acids is 1. The molecule has 0 spiro atoms. The van der Waals surface area contributed by atoms with Crippen LogP contribution in [0.25, 0.3) is 0 Å². The van der Waals surface area contributed by atoms with Gasteiger partial charge in [-0.25, -0.2) is 12.8 Å². The molecule has 1 N–H and O–H groups in total. The Morgan fingerprint density at radius 1 is 1.25 bits per heavy atom. The summed E-state index contributed by atoms with van der Waals surface area (Å²) in [7, 11) is -1.56. The van der Waals surface area contributed by atoms with E-state index in [1.165, 1.54) is 14.2 Å². The first-order valence-electron chi connectivity index (χ1n) is 7.35. The minimum atomic E-state index is -4.19. The number of halogens is 1. The molecule has 0 amide bonds. The minimum Gasteiger partial charge on any atom is -0.493 e. The number of piperidine rings is 1. The van der Waals surface area contributed by atoms with Crippen LogP contribution in [-0.2, 0) is 14.8 Å². The molecule has 1 saturated heterocycles. The normalized spacial score (nSPS) is 22.2. The first kappa shape index (κ1) is 18.5. The third kappa shape index (κ3) is 3.46. The van der Waals surface area contributed by atoms with Crippen molar-refractivity contribution in [2.24, 2.45) is 11.8 Å². The number of hydrogen-bond donors (Lipinski definition) is 1. The van der Waals surface area contributed by atoms with Crippen LogP contribution in [0.4, 0.5) is 4.39 Å². The second-order valence-electron chi connectivity index (χ2n) is 5.84. The molecule has 2 rings (SSSR count). The smallest absolute Gasteiger partial charge is 0.307 e. The van der Waals surface area contributed by atoms with Crippen molar-refractivity contribution in [1.82, 2.24) is 4.31 Å². The van der Waals surface area contributed by atoms with Crippen molar-refractivity contribution in [2.45, 2.75) is 18.2 Å². The van der Waals surface area contributed by atoms with Crippen LogP contribution in [0.1, 0.15) is 13.3 Å². The summed E-state index contributed by atoms with van der Waals surface area (Å²) in [6.45, 7) is 1.72. The number of sulfonamides is 1. The summed E-state index contributed by atoms with van der Waals surface area (Å²) in [6, 6.07) is 1.99. The third-order valence-electron chi connectivity index (χ3n) is 4.03. The van der Waals surface area contributed by atoms with Gasteiger partial charge in [-0.15, -0.1) is 0 Å². The Labute approximate surface area is 140 Å². The number of carboxylic acid groups (broad SMARTS) is 1. The van der Waals surface area contributed by atoms with Gasteiger partial charge in [-0.2, -0.15) is 4.31 Å². The summed E-state index contributed by atoms with van der Waals surface area (Å²) in [6.07, 6.45) is 0.385. The summed E-state index contributed by atoms with van der Waals surface area (Å²) in [5, 5.41) is 9.18.